The lowest BCUT2D eigenvalue weighted by Gasteiger charge is -2.41. The maximum Gasteiger partial charge on any atom is 0.366 e. The molecule has 0 unspecified atom stereocenters. The molecule has 10 heavy (non-hydrogen) atoms. The highest BCUT2D eigenvalue weighted by atomic mass is 16.8. The molecule has 4 nitrogen and oxygen atoms in total. The number of fused-ring (bicyclic) bond motifs is 3. The summed E-state index contributed by atoms with van der Waals surface area (Å²) in [6, 6.07) is 0. The van der Waals surface area contributed by atoms with Crippen LogP contribution in [-0.2, 0) is 19.0 Å². The summed E-state index contributed by atoms with van der Waals surface area (Å²) in [6.45, 7) is 2.50. The van der Waals surface area contributed by atoms with Gasteiger partial charge in [-0.3, -0.25) is 0 Å². The first kappa shape index (κ1) is 6.12. The average Bonchev–Trinajstić information content (AvgIpc) is 1.92. The fourth-order valence-electron chi connectivity index (χ4n) is 1.04. The normalized spacial score (nSPS) is 45.3. The molecule has 56 valence electrons. The van der Waals surface area contributed by atoms with Gasteiger partial charge in [0, 0.05) is 6.92 Å². The van der Waals surface area contributed by atoms with Crippen molar-refractivity contribution in [1.82, 2.24) is 0 Å². The molecule has 0 aromatic heterocycles. The first-order valence-corrected chi connectivity index (χ1v) is 3.20. The van der Waals surface area contributed by atoms with Gasteiger partial charge in [0.25, 0.3) is 5.79 Å². The number of carbonyl (C=O) groups excluding carboxylic acids is 1. The van der Waals surface area contributed by atoms with E-state index >= 15 is 0 Å². The molecule has 0 atom stereocenters. The van der Waals surface area contributed by atoms with Crippen LogP contribution >= 0.6 is 0 Å². The Labute approximate surface area is 58.1 Å². The van der Waals surface area contributed by atoms with Crippen LogP contribution in [-0.4, -0.2) is 31.1 Å². The van der Waals surface area contributed by atoms with Gasteiger partial charge in [-0.25, -0.2) is 4.79 Å². The molecule has 0 spiro atoms. The summed E-state index contributed by atoms with van der Waals surface area (Å²) in [5.41, 5.74) is 0. The highest BCUT2D eigenvalue weighted by Gasteiger charge is 2.48. The highest BCUT2D eigenvalue weighted by Crippen LogP contribution is 2.27. The van der Waals surface area contributed by atoms with E-state index in [4.69, 9.17) is 14.2 Å². The summed E-state index contributed by atoms with van der Waals surface area (Å²) in [7, 11) is 0. The number of carbonyl (C=O) groups is 1. The third-order valence-corrected chi connectivity index (χ3v) is 1.73. The van der Waals surface area contributed by atoms with Crippen LogP contribution in [0.15, 0.2) is 0 Å². The number of hydrogen-bond acceptors (Lipinski definition) is 4. The summed E-state index contributed by atoms with van der Waals surface area (Å²) in [5, 5.41) is 0. The molecular weight excluding hydrogens is 136 g/mol. The van der Waals surface area contributed by atoms with Crippen LogP contribution in [0.1, 0.15) is 6.92 Å². The monoisotopic (exact) mass is 144 g/mol. The van der Waals surface area contributed by atoms with Crippen LogP contribution in [0.5, 0.6) is 0 Å². The van der Waals surface area contributed by atoms with Gasteiger partial charge >= 0.3 is 5.97 Å². The molecule has 3 aliphatic rings. The lowest BCUT2D eigenvalue weighted by atomic mass is 10.2. The maximum absolute atomic E-state index is 10.9. The largest absolute Gasteiger partial charge is 0.453 e. The van der Waals surface area contributed by atoms with Crippen LogP contribution in [0.3, 0.4) is 0 Å². The highest BCUT2D eigenvalue weighted by molar-refractivity contribution is 5.78. The van der Waals surface area contributed by atoms with Gasteiger partial charge in [-0.05, 0) is 0 Å². The van der Waals surface area contributed by atoms with Crippen LogP contribution in [0.4, 0.5) is 0 Å². The molecular formula is C6H8O4. The molecule has 0 radical (unpaired) electrons. The Kier molecular flexibility index (Phi) is 1.04. The second kappa shape index (κ2) is 1.71. The zero-order valence-corrected chi connectivity index (χ0v) is 5.62. The molecule has 2 bridgehead atoms. The Bertz CT molecular complexity index is 169. The Morgan fingerprint density at radius 2 is 2.10 bits per heavy atom. The summed E-state index contributed by atoms with van der Waals surface area (Å²) in [4.78, 5) is 10.9. The van der Waals surface area contributed by atoms with Crippen molar-refractivity contribution in [2.45, 2.75) is 18.8 Å². The smallest absolute Gasteiger partial charge is 0.366 e. The average molecular weight is 144 g/mol. The van der Waals surface area contributed by atoms with E-state index in [0.717, 1.165) is 0 Å². The zero-order valence-electron chi connectivity index (χ0n) is 5.62. The van der Waals surface area contributed by atoms with E-state index in [2.05, 4.69) is 0 Å². The maximum atomic E-state index is 10.9. The van der Waals surface area contributed by atoms with E-state index in [0.29, 0.717) is 13.2 Å². The zero-order chi connectivity index (χ0) is 7.19. The predicted molar refractivity (Wildman–Crippen MR) is 30.2 cm³/mol. The first-order valence-electron chi connectivity index (χ1n) is 3.20. The fourth-order valence-corrected chi connectivity index (χ4v) is 1.04. The molecule has 0 aromatic carbocycles. The van der Waals surface area contributed by atoms with Crippen molar-refractivity contribution in [2.24, 2.45) is 0 Å². The van der Waals surface area contributed by atoms with Crippen molar-refractivity contribution in [3.05, 3.63) is 0 Å². The Balaban J connectivity index is 2.25. The molecule has 0 aliphatic carbocycles. The van der Waals surface area contributed by atoms with Crippen molar-refractivity contribution in [3.63, 3.8) is 0 Å². The van der Waals surface area contributed by atoms with Crippen molar-refractivity contribution < 1.29 is 19.0 Å². The van der Waals surface area contributed by atoms with E-state index in [1.54, 1.807) is 6.92 Å². The Hall–Kier alpha value is -0.610. The minimum Gasteiger partial charge on any atom is -0.453 e. The summed E-state index contributed by atoms with van der Waals surface area (Å²) >= 11 is 0. The number of rotatable bonds is 0. The molecule has 0 aromatic rings. The van der Waals surface area contributed by atoms with Crippen LogP contribution in [0.2, 0.25) is 0 Å². The number of ether oxygens (including phenoxy) is 3. The minimum atomic E-state index is -1.12. The van der Waals surface area contributed by atoms with Crippen molar-refractivity contribution in [2.75, 3.05) is 13.2 Å². The van der Waals surface area contributed by atoms with Crippen molar-refractivity contribution in [1.29, 1.82) is 0 Å². The Morgan fingerprint density at radius 1 is 1.50 bits per heavy atom. The van der Waals surface area contributed by atoms with Crippen LogP contribution in [0.25, 0.3) is 0 Å². The molecule has 3 heterocycles. The molecule has 3 fully saturated rings. The van der Waals surface area contributed by atoms with Crippen LogP contribution < -0.4 is 0 Å². The van der Waals surface area contributed by atoms with Crippen LogP contribution in [0, 0.1) is 0 Å². The third-order valence-electron chi connectivity index (χ3n) is 1.73. The molecule has 0 amide bonds. The molecule has 0 saturated carbocycles. The lowest BCUT2D eigenvalue weighted by molar-refractivity contribution is -0.321. The molecule has 4 heteroatoms. The molecule has 3 rings (SSSR count). The van der Waals surface area contributed by atoms with Gasteiger partial charge in [0.05, 0.1) is 13.2 Å². The van der Waals surface area contributed by atoms with Crippen molar-refractivity contribution >= 4 is 5.97 Å². The second-order valence-corrected chi connectivity index (χ2v) is 2.60. The molecule has 3 aliphatic heterocycles. The van der Waals surface area contributed by atoms with Gasteiger partial charge in [0.15, 0.2) is 0 Å². The van der Waals surface area contributed by atoms with E-state index in [1.807, 2.05) is 0 Å². The van der Waals surface area contributed by atoms with Gasteiger partial charge in [-0.1, -0.05) is 0 Å². The SMILES string of the molecule is CC12OCC(CO1)OC2=O. The van der Waals surface area contributed by atoms with Gasteiger partial charge in [0.1, 0.15) is 6.10 Å². The number of hydrogen-bond donors (Lipinski definition) is 0. The van der Waals surface area contributed by atoms with Gasteiger partial charge < -0.3 is 14.2 Å². The van der Waals surface area contributed by atoms with E-state index < -0.39 is 11.8 Å². The Morgan fingerprint density at radius 3 is 2.40 bits per heavy atom. The van der Waals surface area contributed by atoms with E-state index in [9.17, 15) is 4.79 Å². The number of esters is 1. The first-order chi connectivity index (χ1) is 4.71. The summed E-state index contributed by atoms with van der Waals surface area (Å²) in [6.07, 6.45) is -0.186. The quantitative estimate of drug-likeness (QED) is 0.437. The third kappa shape index (κ3) is 0.660. The van der Waals surface area contributed by atoms with Crippen molar-refractivity contribution in [3.8, 4) is 0 Å². The molecule has 3 saturated heterocycles. The van der Waals surface area contributed by atoms with E-state index in [-0.39, 0.29) is 6.10 Å². The fraction of sp³-hybridized carbons (Fsp3) is 0.833. The predicted octanol–water partition coefficient (Wildman–Crippen LogP) is -0.325. The van der Waals surface area contributed by atoms with Gasteiger partial charge in [0.2, 0.25) is 0 Å². The van der Waals surface area contributed by atoms with Gasteiger partial charge in [-0.2, -0.15) is 0 Å². The minimum absolute atomic E-state index is 0.186. The summed E-state index contributed by atoms with van der Waals surface area (Å²) in [5.74, 6) is -1.52. The molecule has 0 N–H and O–H groups in total. The summed E-state index contributed by atoms with van der Waals surface area (Å²) < 4.78 is 15.1. The van der Waals surface area contributed by atoms with E-state index in [1.165, 1.54) is 0 Å². The topological polar surface area (TPSA) is 44.8 Å². The second-order valence-electron chi connectivity index (χ2n) is 2.60. The lowest BCUT2D eigenvalue weighted by Crippen LogP contribution is -2.58. The standard InChI is InChI=1S/C6H8O4/c1-6-5(7)10-4(2-8-6)3-9-6/h4H,2-3H2,1H3. The van der Waals surface area contributed by atoms with Gasteiger partial charge in [-0.15, -0.1) is 0 Å².